The maximum absolute atomic E-state index is 12.6. The predicted molar refractivity (Wildman–Crippen MR) is 127 cm³/mol. The number of Topliss-reactive ketones (excluding diaryl/α,β-unsaturated/α-hetero) is 1. The van der Waals surface area contributed by atoms with E-state index in [1.54, 1.807) is 18.2 Å². The van der Waals surface area contributed by atoms with Crippen LogP contribution in [0.25, 0.3) is 0 Å². The first kappa shape index (κ1) is 26.6. The van der Waals surface area contributed by atoms with Crippen LogP contribution >= 0.6 is 11.8 Å². The Kier molecular flexibility index (Phi) is 10.7. The first-order valence-electron chi connectivity index (χ1n) is 10.2. The number of urea groups is 1. The van der Waals surface area contributed by atoms with E-state index in [0.29, 0.717) is 24.5 Å². The van der Waals surface area contributed by atoms with Gasteiger partial charge in [-0.1, -0.05) is 29.4 Å². The molecule has 180 valence electrons. The number of ether oxygens (including phenoxy) is 2. The van der Waals surface area contributed by atoms with Crippen molar-refractivity contribution in [2.75, 3.05) is 31.5 Å². The molecule has 0 bridgehead atoms. The SMILES string of the molecule is C=CC.COC(=O)c1noc2c1C(=O)C(SCCCOCNC(=O)Nc1ccccc1)=CC2=O. The molecule has 0 atom stereocenters. The summed E-state index contributed by atoms with van der Waals surface area (Å²) in [4.78, 5) is 48.4. The Hall–Kier alpha value is -3.70. The van der Waals surface area contributed by atoms with E-state index in [9.17, 15) is 19.2 Å². The van der Waals surface area contributed by atoms with E-state index in [0.717, 1.165) is 24.9 Å². The van der Waals surface area contributed by atoms with Gasteiger partial charge >= 0.3 is 12.0 Å². The summed E-state index contributed by atoms with van der Waals surface area (Å²) in [5.41, 5.74) is 0.180. The zero-order valence-electron chi connectivity index (χ0n) is 18.8. The van der Waals surface area contributed by atoms with Crippen LogP contribution in [-0.2, 0) is 9.47 Å². The average Bonchev–Trinajstić information content (AvgIpc) is 3.28. The van der Waals surface area contributed by atoms with Crippen molar-refractivity contribution in [3.8, 4) is 0 Å². The minimum Gasteiger partial charge on any atom is -0.464 e. The minimum atomic E-state index is -0.852. The maximum Gasteiger partial charge on any atom is 0.361 e. The lowest BCUT2D eigenvalue weighted by Gasteiger charge is -2.11. The van der Waals surface area contributed by atoms with Crippen molar-refractivity contribution in [2.24, 2.45) is 0 Å². The molecule has 3 rings (SSSR count). The Labute approximate surface area is 200 Å². The number of hydrogen-bond acceptors (Lipinski definition) is 9. The number of amides is 2. The Morgan fingerprint density at radius 1 is 1.24 bits per heavy atom. The number of esters is 1. The van der Waals surface area contributed by atoms with Crippen molar-refractivity contribution >= 4 is 41.0 Å². The number of carbonyl (C=O) groups excluding carboxylic acids is 4. The largest absolute Gasteiger partial charge is 0.464 e. The molecule has 2 N–H and O–H groups in total. The summed E-state index contributed by atoms with van der Waals surface area (Å²) in [5, 5.41) is 8.71. The van der Waals surface area contributed by atoms with Gasteiger partial charge in [0.25, 0.3) is 0 Å². The molecule has 1 aromatic carbocycles. The lowest BCUT2D eigenvalue weighted by atomic mass is 10.00. The number of para-hydroxylation sites is 1. The molecule has 0 spiro atoms. The van der Waals surface area contributed by atoms with Crippen LogP contribution in [0.1, 0.15) is 44.7 Å². The van der Waals surface area contributed by atoms with Gasteiger partial charge in [0.1, 0.15) is 12.3 Å². The molecule has 0 saturated carbocycles. The van der Waals surface area contributed by atoms with Gasteiger partial charge in [0, 0.05) is 24.1 Å². The van der Waals surface area contributed by atoms with Crippen LogP contribution < -0.4 is 10.6 Å². The number of fused-ring (bicyclic) bond motifs is 1. The van der Waals surface area contributed by atoms with E-state index < -0.39 is 17.5 Å². The van der Waals surface area contributed by atoms with Crippen molar-refractivity contribution in [1.29, 1.82) is 0 Å². The third-order valence-electron chi connectivity index (χ3n) is 4.06. The summed E-state index contributed by atoms with van der Waals surface area (Å²) < 4.78 is 14.7. The number of nitrogens with zero attached hydrogens (tertiary/aromatic N) is 1. The Morgan fingerprint density at radius 2 is 1.94 bits per heavy atom. The van der Waals surface area contributed by atoms with Gasteiger partial charge in [-0.05, 0) is 25.5 Å². The fourth-order valence-corrected chi connectivity index (χ4v) is 3.52. The van der Waals surface area contributed by atoms with E-state index in [-0.39, 0.29) is 34.7 Å². The van der Waals surface area contributed by atoms with Crippen LogP contribution in [0.15, 0.2) is 58.5 Å². The summed E-state index contributed by atoms with van der Waals surface area (Å²) in [6.07, 6.45) is 3.48. The highest BCUT2D eigenvalue weighted by molar-refractivity contribution is 8.04. The zero-order valence-corrected chi connectivity index (χ0v) is 19.6. The van der Waals surface area contributed by atoms with Crippen LogP contribution in [0, 0.1) is 0 Å². The van der Waals surface area contributed by atoms with E-state index >= 15 is 0 Å². The highest BCUT2D eigenvalue weighted by atomic mass is 32.2. The van der Waals surface area contributed by atoms with Gasteiger partial charge in [0.05, 0.1) is 12.0 Å². The Balaban J connectivity index is 0.00000129. The molecule has 1 aromatic heterocycles. The number of aromatic nitrogens is 1. The monoisotopic (exact) mass is 487 g/mol. The number of hydrogen-bond donors (Lipinski definition) is 2. The molecule has 0 saturated heterocycles. The quantitative estimate of drug-likeness (QED) is 0.234. The average molecular weight is 488 g/mol. The van der Waals surface area contributed by atoms with Gasteiger partial charge in [0.2, 0.25) is 23.0 Å². The van der Waals surface area contributed by atoms with Crippen LogP contribution in [-0.4, -0.2) is 54.9 Å². The molecule has 2 amide bonds. The van der Waals surface area contributed by atoms with Crippen LogP contribution in [0.5, 0.6) is 0 Å². The van der Waals surface area contributed by atoms with Gasteiger partial charge in [-0.3, -0.25) is 9.59 Å². The van der Waals surface area contributed by atoms with Crippen molar-refractivity contribution < 1.29 is 33.2 Å². The fourth-order valence-electron chi connectivity index (χ4n) is 2.61. The first-order valence-corrected chi connectivity index (χ1v) is 11.2. The van der Waals surface area contributed by atoms with Gasteiger partial charge in [0.15, 0.2) is 0 Å². The molecular formula is C23H25N3O7S. The molecule has 10 nitrogen and oxygen atoms in total. The van der Waals surface area contributed by atoms with Gasteiger partial charge < -0.3 is 24.6 Å². The molecule has 34 heavy (non-hydrogen) atoms. The lowest BCUT2D eigenvalue weighted by Crippen LogP contribution is -2.30. The Morgan fingerprint density at radius 3 is 2.62 bits per heavy atom. The summed E-state index contributed by atoms with van der Waals surface area (Å²) in [5.74, 6) is -1.69. The molecule has 1 aliphatic rings. The molecule has 0 radical (unpaired) electrons. The van der Waals surface area contributed by atoms with Crippen LogP contribution in [0.3, 0.4) is 0 Å². The third-order valence-corrected chi connectivity index (χ3v) is 5.17. The number of carbonyl (C=O) groups is 4. The molecule has 1 aliphatic carbocycles. The predicted octanol–water partition coefficient (Wildman–Crippen LogP) is 3.84. The second kappa shape index (κ2) is 13.8. The molecule has 11 heteroatoms. The fraction of sp³-hybridized carbons (Fsp3) is 0.261. The van der Waals surface area contributed by atoms with E-state index in [2.05, 4.69) is 27.1 Å². The number of benzene rings is 1. The minimum absolute atomic E-state index is 0.0238. The molecule has 0 aliphatic heterocycles. The van der Waals surface area contributed by atoms with Crippen LogP contribution in [0.2, 0.25) is 0 Å². The van der Waals surface area contributed by atoms with Crippen molar-refractivity contribution in [3.05, 3.63) is 71.0 Å². The highest BCUT2D eigenvalue weighted by Crippen LogP contribution is 2.31. The number of ketones is 2. The number of methoxy groups -OCH3 is 1. The molecule has 0 unspecified atom stereocenters. The van der Waals surface area contributed by atoms with Gasteiger partial charge in [-0.15, -0.1) is 18.3 Å². The number of rotatable bonds is 9. The number of nitrogens with one attached hydrogen (secondary N) is 2. The van der Waals surface area contributed by atoms with Gasteiger partial charge in [-0.2, -0.15) is 0 Å². The van der Waals surface area contributed by atoms with Crippen molar-refractivity contribution in [2.45, 2.75) is 13.3 Å². The lowest BCUT2D eigenvalue weighted by molar-refractivity contribution is 0.0586. The zero-order chi connectivity index (χ0) is 24.9. The third kappa shape index (κ3) is 7.42. The number of anilines is 1. The molecular weight excluding hydrogens is 462 g/mol. The standard InChI is InChI=1S/C20H19N3O7S.C3H6/c1-28-19(26)16-15-17(25)14(10-13(24)18(15)30-23-16)31-9-5-8-29-11-21-20(27)22-12-6-3-2-4-7-12;1-3-2/h2-4,6-7,10H,5,8-9,11H2,1H3,(H2,21,22,27);3H,1H2,2H3. The van der Waals surface area contributed by atoms with Gasteiger partial charge in [-0.25, -0.2) is 9.59 Å². The van der Waals surface area contributed by atoms with E-state index in [1.165, 1.54) is 0 Å². The summed E-state index contributed by atoms with van der Waals surface area (Å²) in [6, 6.07) is 8.61. The first-order chi connectivity index (χ1) is 16.4. The normalized spacial score (nSPS) is 12.0. The Bertz CT molecular complexity index is 1060. The van der Waals surface area contributed by atoms with E-state index in [1.807, 2.05) is 25.1 Å². The summed E-state index contributed by atoms with van der Waals surface area (Å²) in [6.45, 7) is 5.61. The number of allylic oxidation sites excluding steroid dienone is 3. The second-order valence-corrected chi connectivity index (χ2v) is 7.73. The molecule has 1 heterocycles. The maximum atomic E-state index is 12.6. The van der Waals surface area contributed by atoms with Crippen molar-refractivity contribution in [1.82, 2.24) is 10.5 Å². The summed E-state index contributed by atoms with van der Waals surface area (Å²) in [7, 11) is 1.14. The highest BCUT2D eigenvalue weighted by Gasteiger charge is 2.36. The van der Waals surface area contributed by atoms with Crippen LogP contribution in [0.4, 0.5) is 10.5 Å². The summed E-state index contributed by atoms with van der Waals surface area (Å²) >= 11 is 1.16. The molecule has 0 fully saturated rings. The second-order valence-electron chi connectivity index (χ2n) is 6.59. The van der Waals surface area contributed by atoms with E-state index in [4.69, 9.17) is 9.26 Å². The topological polar surface area (TPSA) is 137 Å². The number of thioether (sulfide) groups is 1. The smallest absolute Gasteiger partial charge is 0.361 e. The molecule has 2 aromatic rings. The van der Waals surface area contributed by atoms with Crippen molar-refractivity contribution in [3.63, 3.8) is 0 Å².